The molecule has 0 radical (unpaired) electrons. The van der Waals surface area contributed by atoms with Crippen LogP contribution >= 0.6 is 0 Å². The number of carbonyl (C=O) groups excluding carboxylic acids is 1. The smallest absolute Gasteiger partial charge is 0.226 e. The first kappa shape index (κ1) is 24.7. The molecule has 3 aromatic rings. The Morgan fingerprint density at radius 1 is 0.943 bits per heavy atom. The van der Waals surface area contributed by atoms with Gasteiger partial charge >= 0.3 is 0 Å². The largest absolute Gasteiger partial charge is 0.309 e. The lowest BCUT2D eigenvalue weighted by Gasteiger charge is -2.39. The second-order valence-corrected chi connectivity index (χ2v) is 9.50. The molecule has 1 heterocycles. The number of piperidine rings is 1. The fourth-order valence-corrected chi connectivity index (χ4v) is 5.26. The van der Waals surface area contributed by atoms with E-state index in [0.29, 0.717) is 12.8 Å². The van der Waals surface area contributed by atoms with E-state index in [1.54, 1.807) is 0 Å². The van der Waals surface area contributed by atoms with E-state index in [2.05, 4.69) is 35.2 Å². The Bertz CT molecular complexity index is 1100. The van der Waals surface area contributed by atoms with Gasteiger partial charge in [-0.15, -0.1) is 0 Å². The predicted octanol–water partition coefficient (Wildman–Crippen LogP) is 5.99. The van der Waals surface area contributed by atoms with Crippen LogP contribution in [0.1, 0.15) is 43.7 Å². The van der Waals surface area contributed by atoms with Crippen molar-refractivity contribution >= 4 is 11.6 Å². The molecule has 0 saturated carbocycles. The minimum absolute atomic E-state index is 0.185. The molecule has 1 atom stereocenters. The van der Waals surface area contributed by atoms with Crippen LogP contribution in [0.4, 0.5) is 5.69 Å². The Morgan fingerprint density at radius 2 is 1.51 bits per heavy atom. The summed E-state index contributed by atoms with van der Waals surface area (Å²) in [4.78, 5) is 17.3. The molecule has 1 aliphatic rings. The maximum absolute atomic E-state index is 12.8. The number of hydrogen-bond donors (Lipinski definition) is 0. The summed E-state index contributed by atoms with van der Waals surface area (Å²) in [6, 6.07) is 33.6. The Balaban J connectivity index is 1.44. The van der Waals surface area contributed by atoms with Gasteiger partial charge in [0.1, 0.15) is 0 Å². The van der Waals surface area contributed by atoms with Crippen LogP contribution < -0.4 is 4.90 Å². The molecule has 180 valence electrons. The summed E-state index contributed by atoms with van der Waals surface area (Å²) < 4.78 is 0. The summed E-state index contributed by atoms with van der Waals surface area (Å²) in [6.07, 6.45) is 3.89. The van der Waals surface area contributed by atoms with E-state index in [-0.39, 0.29) is 11.9 Å². The number of carbonyl (C=O) groups is 1. The van der Waals surface area contributed by atoms with Crippen LogP contribution in [0.5, 0.6) is 0 Å². The van der Waals surface area contributed by atoms with Gasteiger partial charge in [-0.25, -0.2) is 0 Å². The molecule has 4 heteroatoms. The molecule has 1 saturated heterocycles. The average molecular weight is 466 g/mol. The molecule has 0 spiro atoms. The van der Waals surface area contributed by atoms with Gasteiger partial charge in [0.25, 0.3) is 0 Å². The first-order valence-electron chi connectivity index (χ1n) is 12.8. The summed E-state index contributed by atoms with van der Waals surface area (Å²) >= 11 is 0. The fraction of sp³-hybridized carbons (Fsp3) is 0.355. The highest BCUT2D eigenvalue weighted by atomic mass is 16.2. The molecule has 1 unspecified atom stereocenters. The highest BCUT2D eigenvalue weighted by Gasteiger charge is 2.34. The molecule has 4 rings (SSSR count). The van der Waals surface area contributed by atoms with Crippen molar-refractivity contribution in [2.45, 2.75) is 50.5 Å². The highest BCUT2D eigenvalue weighted by Crippen LogP contribution is 2.33. The number of anilines is 1. The Kier molecular flexibility index (Phi) is 8.34. The van der Waals surface area contributed by atoms with Crippen molar-refractivity contribution in [3.8, 4) is 6.07 Å². The van der Waals surface area contributed by atoms with Crippen molar-refractivity contribution in [1.29, 1.82) is 5.26 Å². The van der Waals surface area contributed by atoms with Crippen molar-refractivity contribution in [3.63, 3.8) is 0 Å². The zero-order chi connectivity index (χ0) is 24.5. The van der Waals surface area contributed by atoms with Crippen LogP contribution in [0.25, 0.3) is 0 Å². The van der Waals surface area contributed by atoms with Crippen LogP contribution in [0, 0.1) is 11.3 Å². The normalized spacial score (nSPS) is 16.2. The zero-order valence-corrected chi connectivity index (χ0v) is 20.6. The number of nitriles is 1. The summed E-state index contributed by atoms with van der Waals surface area (Å²) in [6.45, 7) is 4.68. The molecule has 0 bridgehead atoms. The van der Waals surface area contributed by atoms with Crippen LogP contribution in [0.15, 0.2) is 91.0 Å². The quantitative estimate of drug-likeness (QED) is 0.390. The van der Waals surface area contributed by atoms with E-state index in [1.807, 2.05) is 78.6 Å². The first-order chi connectivity index (χ1) is 17.1. The molecule has 0 aliphatic carbocycles. The number of hydrogen-bond acceptors (Lipinski definition) is 3. The van der Waals surface area contributed by atoms with Gasteiger partial charge in [-0.3, -0.25) is 4.79 Å². The van der Waals surface area contributed by atoms with E-state index < -0.39 is 5.41 Å². The second kappa shape index (κ2) is 11.8. The van der Waals surface area contributed by atoms with E-state index >= 15 is 0 Å². The minimum atomic E-state index is -0.562. The van der Waals surface area contributed by atoms with Gasteiger partial charge in [0, 0.05) is 31.2 Å². The summed E-state index contributed by atoms with van der Waals surface area (Å²) in [5.41, 5.74) is 2.71. The summed E-state index contributed by atoms with van der Waals surface area (Å²) in [5, 5.41) is 10.4. The topological polar surface area (TPSA) is 47.3 Å². The molecular weight excluding hydrogens is 430 g/mol. The number of benzene rings is 3. The van der Waals surface area contributed by atoms with Crippen molar-refractivity contribution in [2.24, 2.45) is 0 Å². The van der Waals surface area contributed by atoms with Gasteiger partial charge in [-0.1, -0.05) is 85.8 Å². The van der Waals surface area contributed by atoms with Gasteiger partial charge in [-0.2, -0.15) is 5.26 Å². The van der Waals surface area contributed by atoms with Crippen molar-refractivity contribution in [1.82, 2.24) is 4.90 Å². The average Bonchev–Trinajstić information content (AvgIpc) is 2.93. The lowest BCUT2D eigenvalue weighted by molar-refractivity contribution is -0.119. The number of likely N-dealkylation sites (tertiary alicyclic amines) is 1. The molecule has 0 aromatic heterocycles. The van der Waals surface area contributed by atoms with E-state index in [4.69, 9.17) is 0 Å². The van der Waals surface area contributed by atoms with Gasteiger partial charge in [0.2, 0.25) is 5.91 Å². The third-order valence-corrected chi connectivity index (χ3v) is 7.27. The molecule has 1 fully saturated rings. The third-order valence-electron chi connectivity index (χ3n) is 7.27. The lowest BCUT2D eigenvalue weighted by Crippen LogP contribution is -2.48. The van der Waals surface area contributed by atoms with Crippen LogP contribution in [-0.4, -0.2) is 36.5 Å². The standard InChI is InChI=1S/C31H35N3O/c1-2-30(35)34(28-16-10-5-11-17-28)29-18-21-33(22-19-29)23-20-31(25-32,27-14-8-4-9-15-27)24-26-12-6-3-7-13-26/h3-17,29H,2,18-24H2,1H3. The van der Waals surface area contributed by atoms with Crippen molar-refractivity contribution < 1.29 is 4.79 Å². The van der Waals surface area contributed by atoms with Crippen molar-refractivity contribution in [3.05, 3.63) is 102 Å². The van der Waals surface area contributed by atoms with Gasteiger partial charge in [0.05, 0.1) is 11.5 Å². The number of rotatable bonds is 9. The van der Waals surface area contributed by atoms with E-state index in [0.717, 1.165) is 50.1 Å². The molecular formula is C31H35N3O. The number of nitrogens with zero attached hydrogens (tertiary/aromatic N) is 3. The van der Waals surface area contributed by atoms with Crippen LogP contribution in [-0.2, 0) is 16.6 Å². The zero-order valence-electron chi connectivity index (χ0n) is 20.6. The predicted molar refractivity (Wildman–Crippen MR) is 142 cm³/mol. The maximum atomic E-state index is 12.8. The highest BCUT2D eigenvalue weighted by molar-refractivity contribution is 5.93. The Morgan fingerprint density at radius 3 is 2.09 bits per heavy atom. The van der Waals surface area contributed by atoms with Crippen LogP contribution in [0.3, 0.4) is 0 Å². The molecule has 3 aromatic carbocycles. The van der Waals surface area contributed by atoms with Crippen LogP contribution in [0.2, 0.25) is 0 Å². The lowest BCUT2D eigenvalue weighted by atomic mass is 9.74. The molecule has 0 N–H and O–H groups in total. The maximum Gasteiger partial charge on any atom is 0.226 e. The Hall–Kier alpha value is -3.42. The van der Waals surface area contributed by atoms with Gasteiger partial charge < -0.3 is 9.80 Å². The number of para-hydroxylation sites is 1. The molecule has 4 nitrogen and oxygen atoms in total. The monoisotopic (exact) mass is 465 g/mol. The van der Waals surface area contributed by atoms with Gasteiger partial charge in [0.15, 0.2) is 0 Å². The Labute approximate surface area is 209 Å². The number of amides is 1. The summed E-state index contributed by atoms with van der Waals surface area (Å²) in [5.74, 6) is 0.185. The molecule has 1 aliphatic heterocycles. The SMILES string of the molecule is CCC(=O)N(c1ccccc1)C1CCN(CCC(C#N)(Cc2ccccc2)c2ccccc2)CC1. The summed E-state index contributed by atoms with van der Waals surface area (Å²) in [7, 11) is 0. The van der Waals surface area contributed by atoms with E-state index in [9.17, 15) is 10.1 Å². The molecule has 1 amide bonds. The third kappa shape index (κ3) is 5.99. The second-order valence-electron chi connectivity index (χ2n) is 9.50. The first-order valence-corrected chi connectivity index (χ1v) is 12.8. The fourth-order valence-electron chi connectivity index (χ4n) is 5.26. The van der Waals surface area contributed by atoms with Gasteiger partial charge in [-0.05, 0) is 55.5 Å². The minimum Gasteiger partial charge on any atom is -0.309 e. The molecule has 35 heavy (non-hydrogen) atoms. The van der Waals surface area contributed by atoms with Crippen molar-refractivity contribution in [2.75, 3.05) is 24.5 Å². The van der Waals surface area contributed by atoms with E-state index in [1.165, 1.54) is 5.56 Å².